The first-order chi connectivity index (χ1) is 9.15. The van der Waals surface area contributed by atoms with Gasteiger partial charge in [-0.25, -0.2) is 4.39 Å². The molecular formula is C13H16BrFN2OS. The van der Waals surface area contributed by atoms with E-state index in [9.17, 15) is 9.18 Å². The molecule has 1 aliphatic rings. The van der Waals surface area contributed by atoms with Gasteiger partial charge in [0.05, 0.1) is 0 Å². The Morgan fingerprint density at radius 3 is 3.16 bits per heavy atom. The molecule has 0 spiro atoms. The molecule has 104 valence electrons. The van der Waals surface area contributed by atoms with Crippen LogP contribution in [0.4, 0.5) is 4.39 Å². The van der Waals surface area contributed by atoms with Crippen LogP contribution < -0.4 is 10.6 Å². The first-order valence-electron chi connectivity index (χ1n) is 6.17. The minimum Gasteiger partial charge on any atom is -0.352 e. The minimum atomic E-state index is -0.294. The number of amides is 1. The van der Waals surface area contributed by atoms with Crippen LogP contribution in [0.5, 0.6) is 0 Å². The van der Waals surface area contributed by atoms with Gasteiger partial charge < -0.3 is 10.6 Å². The van der Waals surface area contributed by atoms with E-state index in [4.69, 9.17) is 0 Å². The Bertz CT molecular complexity index is 452. The highest BCUT2D eigenvalue weighted by atomic mass is 79.9. The van der Waals surface area contributed by atoms with Crippen LogP contribution in [0.15, 0.2) is 22.7 Å². The molecule has 3 nitrogen and oxygen atoms in total. The van der Waals surface area contributed by atoms with Gasteiger partial charge in [0.25, 0.3) is 0 Å². The summed E-state index contributed by atoms with van der Waals surface area (Å²) >= 11 is 5.21. The molecule has 1 amide bonds. The number of rotatable bonds is 4. The van der Waals surface area contributed by atoms with Gasteiger partial charge in [-0.15, -0.1) is 0 Å². The summed E-state index contributed by atoms with van der Waals surface area (Å²) in [7, 11) is 0. The van der Waals surface area contributed by atoms with Gasteiger partial charge in [0.15, 0.2) is 0 Å². The molecule has 1 fully saturated rings. The van der Waals surface area contributed by atoms with Crippen molar-refractivity contribution in [2.24, 2.45) is 0 Å². The van der Waals surface area contributed by atoms with Gasteiger partial charge in [-0.05, 0) is 23.8 Å². The number of nitrogens with one attached hydrogen (secondary N) is 2. The van der Waals surface area contributed by atoms with Crippen LogP contribution in [0.25, 0.3) is 0 Å². The number of carbonyl (C=O) groups excluding carboxylic acids is 1. The molecule has 2 rings (SSSR count). The topological polar surface area (TPSA) is 41.1 Å². The van der Waals surface area contributed by atoms with Crippen LogP contribution in [0.2, 0.25) is 0 Å². The van der Waals surface area contributed by atoms with Crippen molar-refractivity contribution >= 4 is 33.6 Å². The Kier molecular flexibility index (Phi) is 5.66. The number of hydrogen-bond acceptors (Lipinski definition) is 3. The van der Waals surface area contributed by atoms with Gasteiger partial charge >= 0.3 is 0 Å². The van der Waals surface area contributed by atoms with E-state index in [0.29, 0.717) is 13.0 Å². The normalized spacial score (nSPS) is 19.2. The zero-order valence-electron chi connectivity index (χ0n) is 10.4. The maximum Gasteiger partial charge on any atom is 0.221 e. The summed E-state index contributed by atoms with van der Waals surface area (Å²) in [6.07, 6.45) is 0.472. The van der Waals surface area contributed by atoms with Crippen molar-refractivity contribution in [3.05, 3.63) is 34.1 Å². The van der Waals surface area contributed by atoms with E-state index in [1.54, 1.807) is 6.07 Å². The Morgan fingerprint density at radius 2 is 2.42 bits per heavy atom. The van der Waals surface area contributed by atoms with E-state index in [0.717, 1.165) is 28.1 Å². The second-order valence-electron chi connectivity index (χ2n) is 4.44. The Balaban J connectivity index is 1.81. The number of benzene rings is 1. The number of halogens is 2. The molecule has 1 aromatic carbocycles. The quantitative estimate of drug-likeness (QED) is 0.878. The summed E-state index contributed by atoms with van der Waals surface area (Å²) in [5, 5.41) is 6.15. The lowest BCUT2D eigenvalue weighted by Crippen LogP contribution is -2.41. The molecule has 2 N–H and O–H groups in total. The van der Waals surface area contributed by atoms with Gasteiger partial charge in [-0.3, -0.25) is 4.79 Å². The molecule has 0 radical (unpaired) electrons. The molecule has 1 aromatic rings. The smallest absolute Gasteiger partial charge is 0.221 e. The summed E-state index contributed by atoms with van der Waals surface area (Å²) in [4.78, 5) is 11.8. The molecule has 1 heterocycles. The fourth-order valence-corrected chi connectivity index (χ4v) is 3.26. The van der Waals surface area contributed by atoms with Crippen LogP contribution in [0.1, 0.15) is 12.0 Å². The van der Waals surface area contributed by atoms with Gasteiger partial charge in [0, 0.05) is 41.5 Å². The molecule has 1 aliphatic heterocycles. The minimum absolute atomic E-state index is 0.00355. The van der Waals surface area contributed by atoms with E-state index in [1.165, 1.54) is 12.1 Å². The molecule has 0 aliphatic carbocycles. The molecule has 0 saturated carbocycles. The van der Waals surface area contributed by atoms with Crippen LogP contribution in [-0.2, 0) is 11.3 Å². The molecule has 0 bridgehead atoms. The van der Waals surface area contributed by atoms with E-state index < -0.39 is 0 Å². The van der Waals surface area contributed by atoms with Gasteiger partial charge in [-0.2, -0.15) is 11.8 Å². The van der Waals surface area contributed by atoms with E-state index >= 15 is 0 Å². The summed E-state index contributed by atoms with van der Waals surface area (Å²) in [5.74, 6) is 1.78. The predicted molar refractivity (Wildman–Crippen MR) is 79.7 cm³/mol. The molecule has 0 aromatic heterocycles. The third kappa shape index (κ3) is 4.78. The third-order valence-electron chi connectivity index (χ3n) is 2.91. The van der Waals surface area contributed by atoms with Crippen LogP contribution in [0, 0.1) is 5.82 Å². The predicted octanol–water partition coefficient (Wildman–Crippen LogP) is 2.30. The molecule has 1 atom stereocenters. The molecule has 1 unspecified atom stereocenters. The lowest BCUT2D eigenvalue weighted by atomic mass is 10.2. The van der Waals surface area contributed by atoms with E-state index in [1.807, 2.05) is 11.8 Å². The van der Waals surface area contributed by atoms with Crippen molar-refractivity contribution < 1.29 is 9.18 Å². The molecule has 6 heteroatoms. The van der Waals surface area contributed by atoms with Crippen molar-refractivity contribution in [1.82, 2.24) is 10.6 Å². The van der Waals surface area contributed by atoms with Crippen molar-refractivity contribution in [1.29, 1.82) is 0 Å². The lowest BCUT2D eigenvalue weighted by molar-refractivity contribution is -0.121. The maximum atomic E-state index is 13.1. The van der Waals surface area contributed by atoms with Crippen molar-refractivity contribution in [3.63, 3.8) is 0 Å². The summed E-state index contributed by atoms with van der Waals surface area (Å²) < 4.78 is 13.9. The summed E-state index contributed by atoms with van der Waals surface area (Å²) in [5.41, 5.74) is 0.749. The molecular weight excluding hydrogens is 331 g/mol. The second-order valence-corrected chi connectivity index (χ2v) is 6.45. The van der Waals surface area contributed by atoms with Crippen molar-refractivity contribution in [2.45, 2.75) is 19.0 Å². The van der Waals surface area contributed by atoms with Crippen LogP contribution in [0.3, 0.4) is 0 Å². The van der Waals surface area contributed by atoms with Gasteiger partial charge in [0.1, 0.15) is 5.82 Å². The average Bonchev–Trinajstić information content (AvgIpc) is 2.41. The highest BCUT2D eigenvalue weighted by Crippen LogP contribution is 2.17. The first kappa shape index (κ1) is 14.8. The summed E-state index contributed by atoms with van der Waals surface area (Å²) in [6, 6.07) is 4.71. The van der Waals surface area contributed by atoms with Crippen molar-refractivity contribution in [3.8, 4) is 0 Å². The Hall–Kier alpha value is -0.590. The molecule has 19 heavy (non-hydrogen) atoms. The van der Waals surface area contributed by atoms with Crippen LogP contribution in [-0.4, -0.2) is 30.0 Å². The Labute approximate surface area is 124 Å². The third-order valence-corrected chi connectivity index (χ3v) is 4.82. The number of carbonyl (C=O) groups is 1. The molecule has 1 saturated heterocycles. The van der Waals surface area contributed by atoms with Crippen molar-refractivity contribution in [2.75, 3.05) is 18.1 Å². The van der Waals surface area contributed by atoms with Gasteiger partial charge in [0.2, 0.25) is 5.91 Å². The average molecular weight is 347 g/mol. The highest BCUT2D eigenvalue weighted by Gasteiger charge is 2.16. The zero-order chi connectivity index (χ0) is 13.7. The van der Waals surface area contributed by atoms with Crippen LogP contribution >= 0.6 is 27.7 Å². The second kappa shape index (κ2) is 7.26. The standard InChI is InChI=1S/C13H16BrFN2OS/c14-12-2-1-10(15)5-9(12)7-17-13(18)6-11-8-19-4-3-16-11/h1-2,5,11,16H,3-4,6-8H2,(H,17,18). The summed E-state index contributed by atoms with van der Waals surface area (Å²) in [6.45, 7) is 1.30. The lowest BCUT2D eigenvalue weighted by Gasteiger charge is -2.22. The fraction of sp³-hybridized carbons (Fsp3) is 0.462. The number of hydrogen-bond donors (Lipinski definition) is 2. The zero-order valence-corrected chi connectivity index (χ0v) is 12.8. The monoisotopic (exact) mass is 346 g/mol. The highest BCUT2D eigenvalue weighted by molar-refractivity contribution is 9.10. The van der Waals surface area contributed by atoms with E-state index in [-0.39, 0.29) is 17.8 Å². The van der Waals surface area contributed by atoms with Gasteiger partial charge in [-0.1, -0.05) is 15.9 Å². The largest absolute Gasteiger partial charge is 0.352 e. The fourth-order valence-electron chi connectivity index (χ4n) is 1.92. The van der Waals surface area contributed by atoms with E-state index in [2.05, 4.69) is 26.6 Å². The maximum absolute atomic E-state index is 13.1. The SMILES string of the molecule is O=C(CC1CSCCN1)NCc1cc(F)ccc1Br. The Morgan fingerprint density at radius 1 is 1.58 bits per heavy atom. The first-order valence-corrected chi connectivity index (χ1v) is 8.11. The number of thioether (sulfide) groups is 1.